The van der Waals surface area contributed by atoms with Gasteiger partial charge in [0.15, 0.2) is 0 Å². The second-order valence-electron chi connectivity index (χ2n) is 6.80. The van der Waals surface area contributed by atoms with Crippen molar-refractivity contribution in [3.63, 3.8) is 0 Å². The van der Waals surface area contributed by atoms with Gasteiger partial charge in [-0.1, -0.05) is 71.7 Å². The van der Waals surface area contributed by atoms with Crippen LogP contribution in [0.15, 0.2) is 66.7 Å². The number of carbonyl (C=O) groups excluding carboxylic acids is 1. The molecule has 1 unspecified atom stereocenters. The summed E-state index contributed by atoms with van der Waals surface area (Å²) < 4.78 is 11.4. The van der Waals surface area contributed by atoms with Gasteiger partial charge in [-0.25, -0.2) is 4.79 Å². The standard InChI is InChI=1S/C23H19Cl2NO3/c24-17-9-10-21(25)20(12-17)19-8-4-7-16-11-18(29-22(16)19)14-28-23(27)26-13-15-5-2-1-3-6-15/h1-10,12,18H,11,13-14H2,(H,26,27). The van der Waals surface area contributed by atoms with Crippen LogP contribution in [0, 0.1) is 0 Å². The van der Waals surface area contributed by atoms with E-state index < -0.39 is 6.09 Å². The number of hydrogen-bond donors (Lipinski definition) is 1. The zero-order valence-electron chi connectivity index (χ0n) is 15.5. The maximum Gasteiger partial charge on any atom is 0.407 e. The van der Waals surface area contributed by atoms with Crippen molar-refractivity contribution >= 4 is 29.3 Å². The molecule has 0 aromatic heterocycles. The van der Waals surface area contributed by atoms with Gasteiger partial charge in [-0.2, -0.15) is 0 Å². The molecule has 29 heavy (non-hydrogen) atoms. The van der Waals surface area contributed by atoms with Gasteiger partial charge in [0.2, 0.25) is 0 Å². The van der Waals surface area contributed by atoms with E-state index in [4.69, 9.17) is 32.7 Å². The zero-order chi connectivity index (χ0) is 20.2. The van der Waals surface area contributed by atoms with Crippen LogP contribution in [0.4, 0.5) is 4.79 Å². The molecule has 0 aliphatic carbocycles. The second-order valence-corrected chi connectivity index (χ2v) is 7.64. The molecule has 0 fully saturated rings. The maximum absolute atomic E-state index is 12.0. The van der Waals surface area contributed by atoms with E-state index in [1.807, 2.05) is 54.6 Å². The maximum atomic E-state index is 12.0. The molecule has 3 aromatic carbocycles. The minimum atomic E-state index is -0.466. The van der Waals surface area contributed by atoms with E-state index in [1.165, 1.54) is 0 Å². The Hall–Kier alpha value is -2.69. The lowest BCUT2D eigenvalue weighted by Crippen LogP contribution is -2.29. The van der Waals surface area contributed by atoms with Gasteiger partial charge in [-0.05, 0) is 29.3 Å². The molecule has 0 radical (unpaired) electrons. The molecule has 3 aromatic rings. The lowest BCUT2D eigenvalue weighted by atomic mass is 10.0. The fourth-order valence-corrected chi connectivity index (χ4v) is 3.73. The number of ether oxygens (including phenoxy) is 2. The summed E-state index contributed by atoms with van der Waals surface area (Å²) in [4.78, 5) is 12.0. The van der Waals surface area contributed by atoms with Gasteiger partial charge in [0.05, 0.1) is 0 Å². The summed E-state index contributed by atoms with van der Waals surface area (Å²) in [5.41, 5.74) is 3.76. The van der Waals surface area contributed by atoms with E-state index in [9.17, 15) is 4.79 Å². The predicted octanol–water partition coefficient (Wildman–Crippen LogP) is 5.89. The van der Waals surface area contributed by atoms with E-state index in [0.717, 1.165) is 28.0 Å². The van der Waals surface area contributed by atoms with E-state index in [2.05, 4.69) is 5.32 Å². The van der Waals surface area contributed by atoms with Crippen LogP contribution < -0.4 is 10.1 Å². The summed E-state index contributed by atoms with van der Waals surface area (Å²) in [5, 5.41) is 3.96. The molecule has 0 saturated heterocycles. The van der Waals surface area contributed by atoms with Gasteiger partial charge >= 0.3 is 6.09 Å². The molecule has 4 nitrogen and oxygen atoms in total. The Morgan fingerprint density at radius 1 is 1.03 bits per heavy atom. The monoisotopic (exact) mass is 427 g/mol. The van der Waals surface area contributed by atoms with E-state index in [1.54, 1.807) is 12.1 Å². The van der Waals surface area contributed by atoms with Crippen molar-refractivity contribution in [1.82, 2.24) is 5.32 Å². The van der Waals surface area contributed by atoms with E-state index in [-0.39, 0.29) is 12.7 Å². The molecule has 0 saturated carbocycles. The van der Waals surface area contributed by atoms with Gasteiger partial charge < -0.3 is 14.8 Å². The number of nitrogens with one attached hydrogen (secondary N) is 1. The van der Waals surface area contributed by atoms with Crippen LogP contribution in [0.3, 0.4) is 0 Å². The molecule has 1 N–H and O–H groups in total. The number of fused-ring (bicyclic) bond motifs is 1. The van der Waals surface area contributed by atoms with Crippen LogP contribution in [0.25, 0.3) is 11.1 Å². The summed E-state index contributed by atoms with van der Waals surface area (Å²) in [7, 11) is 0. The predicted molar refractivity (Wildman–Crippen MR) is 115 cm³/mol. The van der Waals surface area contributed by atoms with E-state index >= 15 is 0 Å². The third-order valence-corrected chi connectivity index (χ3v) is 5.29. The average molecular weight is 428 g/mol. The minimum Gasteiger partial charge on any atom is -0.486 e. The normalized spacial score (nSPS) is 14.8. The first-order valence-electron chi connectivity index (χ1n) is 9.28. The van der Waals surface area contributed by atoms with Gasteiger partial charge in [0.1, 0.15) is 18.5 Å². The molecule has 1 aliphatic heterocycles. The number of alkyl carbamates (subject to hydrolysis) is 1. The minimum absolute atomic E-state index is 0.165. The first-order chi connectivity index (χ1) is 14.1. The largest absolute Gasteiger partial charge is 0.486 e. The Balaban J connectivity index is 1.38. The Bertz CT molecular complexity index is 1020. The van der Waals surface area contributed by atoms with Crippen molar-refractivity contribution in [3.05, 3.63) is 87.9 Å². The van der Waals surface area contributed by atoms with Crippen LogP contribution in [0.1, 0.15) is 11.1 Å². The lowest BCUT2D eigenvalue weighted by Gasteiger charge is -2.14. The third-order valence-electron chi connectivity index (χ3n) is 4.73. The fourth-order valence-electron chi connectivity index (χ4n) is 3.34. The van der Waals surface area contributed by atoms with Crippen LogP contribution in [-0.2, 0) is 17.7 Å². The average Bonchev–Trinajstić information content (AvgIpc) is 3.16. The van der Waals surface area contributed by atoms with Crippen molar-refractivity contribution in [2.45, 2.75) is 19.1 Å². The molecule has 1 heterocycles. The Labute approximate surface area is 179 Å². The number of rotatable bonds is 5. The van der Waals surface area contributed by atoms with Crippen LogP contribution in [-0.4, -0.2) is 18.8 Å². The number of hydrogen-bond acceptors (Lipinski definition) is 3. The third kappa shape index (κ3) is 4.66. The SMILES string of the molecule is O=C(NCc1ccccc1)OCC1Cc2cccc(-c3cc(Cl)ccc3Cl)c2O1. The molecule has 148 valence electrons. The van der Waals surface area contributed by atoms with Crippen molar-refractivity contribution < 1.29 is 14.3 Å². The highest BCUT2D eigenvalue weighted by Crippen LogP contribution is 2.42. The Morgan fingerprint density at radius 3 is 2.69 bits per heavy atom. The number of halogens is 2. The Morgan fingerprint density at radius 2 is 1.86 bits per heavy atom. The van der Waals surface area contributed by atoms with Crippen LogP contribution >= 0.6 is 23.2 Å². The van der Waals surface area contributed by atoms with Gasteiger partial charge in [0, 0.05) is 34.1 Å². The molecular weight excluding hydrogens is 409 g/mol. The van der Waals surface area contributed by atoms with Crippen molar-refractivity contribution in [1.29, 1.82) is 0 Å². The summed E-state index contributed by atoms with van der Waals surface area (Å²) in [6, 6.07) is 20.9. The summed E-state index contributed by atoms with van der Waals surface area (Å²) in [5.74, 6) is 0.759. The lowest BCUT2D eigenvalue weighted by molar-refractivity contribution is 0.0924. The highest BCUT2D eigenvalue weighted by Gasteiger charge is 2.27. The Kier molecular flexibility index (Phi) is 5.93. The van der Waals surface area contributed by atoms with E-state index in [0.29, 0.717) is 23.0 Å². The number of amides is 1. The summed E-state index contributed by atoms with van der Waals surface area (Å²) >= 11 is 12.5. The second kappa shape index (κ2) is 8.76. The molecule has 0 bridgehead atoms. The molecule has 1 atom stereocenters. The molecule has 6 heteroatoms. The number of carbonyl (C=O) groups is 1. The van der Waals surface area contributed by atoms with Gasteiger partial charge in [-0.15, -0.1) is 0 Å². The van der Waals surface area contributed by atoms with Crippen LogP contribution in [0.5, 0.6) is 5.75 Å². The van der Waals surface area contributed by atoms with Gasteiger partial charge in [0.25, 0.3) is 0 Å². The van der Waals surface area contributed by atoms with Crippen molar-refractivity contribution in [3.8, 4) is 16.9 Å². The molecule has 0 spiro atoms. The molecular formula is C23H19Cl2NO3. The number of para-hydroxylation sites is 1. The highest BCUT2D eigenvalue weighted by molar-refractivity contribution is 6.35. The first-order valence-corrected chi connectivity index (χ1v) is 10.0. The van der Waals surface area contributed by atoms with Crippen molar-refractivity contribution in [2.75, 3.05) is 6.61 Å². The van der Waals surface area contributed by atoms with Gasteiger partial charge in [-0.3, -0.25) is 0 Å². The first kappa shape index (κ1) is 19.6. The summed E-state index contributed by atoms with van der Waals surface area (Å²) in [6.45, 7) is 0.584. The van der Waals surface area contributed by atoms with Crippen molar-refractivity contribution in [2.24, 2.45) is 0 Å². The molecule has 1 aliphatic rings. The summed E-state index contributed by atoms with van der Waals surface area (Å²) in [6.07, 6.45) is -0.0500. The zero-order valence-corrected chi connectivity index (χ0v) is 17.0. The quantitative estimate of drug-likeness (QED) is 0.551. The molecule has 1 amide bonds. The fraction of sp³-hybridized carbons (Fsp3) is 0.174. The topological polar surface area (TPSA) is 47.6 Å². The smallest absolute Gasteiger partial charge is 0.407 e. The highest BCUT2D eigenvalue weighted by atomic mass is 35.5. The number of benzene rings is 3. The molecule has 4 rings (SSSR count). The van der Waals surface area contributed by atoms with Crippen LogP contribution in [0.2, 0.25) is 10.0 Å².